The fraction of sp³-hybridized carbons (Fsp3) is 0.375. The van der Waals surface area contributed by atoms with Crippen LogP contribution in [0, 0.1) is 0 Å². The molecule has 0 aliphatic carbocycles. The summed E-state index contributed by atoms with van der Waals surface area (Å²) in [6.45, 7) is 1.09. The number of nitrogens with zero attached hydrogens (tertiary/aromatic N) is 5. The second-order valence-corrected chi connectivity index (χ2v) is 2.98. The van der Waals surface area contributed by atoms with Gasteiger partial charge in [0.15, 0.2) is 0 Å². The van der Waals surface area contributed by atoms with E-state index >= 15 is 0 Å². The van der Waals surface area contributed by atoms with Crippen LogP contribution in [0.1, 0.15) is 11.5 Å². The van der Waals surface area contributed by atoms with Gasteiger partial charge < -0.3 is 5.73 Å². The first-order valence-electron chi connectivity index (χ1n) is 4.35. The summed E-state index contributed by atoms with van der Waals surface area (Å²) in [6, 6.07) is 1.90. The summed E-state index contributed by atoms with van der Waals surface area (Å²) < 4.78 is 3.55. The van der Waals surface area contributed by atoms with Gasteiger partial charge in [0.05, 0.1) is 5.69 Å². The Labute approximate surface area is 81.4 Å². The van der Waals surface area contributed by atoms with E-state index in [1.54, 1.807) is 10.9 Å². The minimum atomic E-state index is 0.484. The minimum absolute atomic E-state index is 0.484. The first-order valence-corrected chi connectivity index (χ1v) is 4.35. The largest absolute Gasteiger partial charge is 0.325 e. The van der Waals surface area contributed by atoms with Gasteiger partial charge in [0.1, 0.15) is 18.7 Å². The van der Waals surface area contributed by atoms with E-state index in [0.717, 1.165) is 11.5 Å². The van der Waals surface area contributed by atoms with Crippen LogP contribution < -0.4 is 5.73 Å². The molecule has 0 bridgehead atoms. The van der Waals surface area contributed by atoms with Crippen molar-refractivity contribution < 1.29 is 0 Å². The number of hydrogen-bond acceptors (Lipinski definition) is 4. The van der Waals surface area contributed by atoms with Crippen molar-refractivity contribution in [3.05, 3.63) is 30.1 Å². The van der Waals surface area contributed by atoms with E-state index in [-0.39, 0.29) is 0 Å². The lowest BCUT2D eigenvalue weighted by molar-refractivity contribution is 0.586. The molecule has 0 aliphatic heterocycles. The van der Waals surface area contributed by atoms with Crippen molar-refractivity contribution in [2.45, 2.75) is 13.1 Å². The third kappa shape index (κ3) is 1.51. The lowest BCUT2D eigenvalue weighted by atomic mass is 10.4. The maximum absolute atomic E-state index is 5.56. The molecular weight excluding hydrogens is 180 g/mol. The summed E-state index contributed by atoms with van der Waals surface area (Å²) in [5, 5.41) is 8.14. The predicted molar refractivity (Wildman–Crippen MR) is 50.2 cm³/mol. The fourth-order valence-electron chi connectivity index (χ4n) is 1.27. The Kier molecular flexibility index (Phi) is 2.28. The molecule has 6 nitrogen and oxygen atoms in total. The Balaban J connectivity index is 2.22. The highest BCUT2D eigenvalue weighted by Gasteiger charge is 2.05. The van der Waals surface area contributed by atoms with E-state index in [2.05, 4.69) is 15.2 Å². The van der Waals surface area contributed by atoms with Crippen LogP contribution in [0.5, 0.6) is 0 Å². The minimum Gasteiger partial charge on any atom is -0.325 e. The Hall–Kier alpha value is -1.69. The van der Waals surface area contributed by atoms with Gasteiger partial charge in [-0.25, -0.2) is 4.98 Å². The highest BCUT2D eigenvalue weighted by molar-refractivity contribution is 5.01. The van der Waals surface area contributed by atoms with Crippen LogP contribution in [0.4, 0.5) is 0 Å². The van der Waals surface area contributed by atoms with Crippen LogP contribution in [0.3, 0.4) is 0 Å². The highest BCUT2D eigenvalue weighted by Crippen LogP contribution is 2.01. The molecule has 2 heterocycles. The molecular formula is C8H12N6. The summed E-state index contributed by atoms with van der Waals surface area (Å²) >= 11 is 0. The zero-order chi connectivity index (χ0) is 9.97. The van der Waals surface area contributed by atoms with Gasteiger partial charge in [-0.2, -0.15) is 10.2 Å². The van der Waals surface area contributed by atoms with Crippen LogP contribution in [-0.2, 0) is 20.1 Å². The van der Waals surface area contributed by atoms with Crippen molar-refractivity contribution in [1.82, 2.24) is 24.5 Å². The van der Waals surface area contributed by atoms with Crippen molar-refractivity contribution in [1.29, 1.82) is 0 Å². The van der Waals surface area contributed by atoms with Crippen LogP contribution >= 0.6 is 0 Å². The van der Waals surface area contributed by atoms with Gasteiger partial charge in [0.25, 0.3) is 0 Å². The van der Waals surface area contributed by atoms with Gasteiger partial charge in [0, 0.05) is 19.8 Å². The molecule has 74 valence electrons. The lowest BCUT2D eigenvalue weighted by Gasteiger charge is -2.04. The molecule has 2 aromatic rings. The smallest absolute Gasteiger partial charge is 0.148 e. The summed E-state index contributed by atoms with van der Waals surface area (Å²) in [4.78, 5) is 4.12. The molecule has 0 spiro atoms. The maximum atomic E-state index is 5.56. The first kappa shape index (κ1) is 8.89. The number of aromatic nitrogens is 5. The van der Waals surface area contributed by atoms with E-state index in [1.165, 1.54) is 6.33 Å². The van der Waals surface area contributed by atoms with Gasteiger partial charge in [-0.15, -0.1) is 0 Å². The fourth-order valence-corrected chi connectivity index (χ4v) is 1.27. The summed E-state index contributed by atoms with van der Waals surface area (Å²) in [6.07, 6.45) is 3.26. The Morgan fingerprint density at radius 2 is 2.29 bits per heavy atom. The molecule has 0 saturated heterocycles. The lowest BCUT2D eigenvalue weighted by Crippen LogP contribution is -2.12. The molecule has 2 N–H and O–H groups in total. The van der Waals surface area contributed by atoms with Gasteiger partial charge >= 0.3 is 0 Å². The summed E-state index contributed by atoms with van der Waals surface area (Å²) in [5.41, 5.74) is 6.55. The molecule has 2 aromatic heterocycles. The average molecular weight is 192 g/mol. The molecule has 0 atom stereocenters. The van der Waals surface area contributed by atoms with Crippen LogP contribution in [0.15, 0.2) is 18.6 Å². The Morgan fingerprint density at radius 3 is 2.93 bits per heavy atom. The van der Waals surface area contributed by atoms with Gasteiger partial charge in [-0.05, 0) is 6.07 Å². The van der Waals surface area contributed by atoms with Crippen LogP contribution in [0.2, 0.25) is 0 Å². The van der Waals surface area contributed by atoms with E-state index < -0.39 is 0 Å². The van der Waals surface area contributed by atoms with Crippen molar-refractivity contribution >= 4 is 0 Å². The maximum Gasteiger partial charge on any atom is 0.148 e. The summed E-state index contributed by atoms with van der Waals surface area (Å²) in [5.74, 6) is 0.864. The molecule has 0 fully saturated rings. The van der Waals surface area contributed by atoms with Gasteiger partial charge in [-0.3, -0.25) is 9.36 Å². The number of rotatable bonds is 3. The molecule has 0 aliphatic rings. The predicted octanol–water partition coefficient (Wildman–Crippen LogP) is -0.481. The van der Waals surface area contributed by atoms with Crippen LogP contribution in [0.25, 0.3) is 0 Å². The molecule has 14 heavy (non-hydrogen) atoms. The molecule has 0 saturated carbocycles. The summed E-state index contributed by atoms with van der Waals surface area (Å²) in [7, 11) is 1.86. The number of nitrogens with two attached hydrogens (primary N) is 1. The third-order valence-electron chi connectivity index (χ3n) is 2.11. The molecule has 0 aromatic carbocycles. The zero-order valence-electron chi connectivity index (χ0n) is 7.96. The second kappa shape index (κ2) is 3.59. The molecule has 6 heteroatoms. The third-order valence-corrected chi connectivity index (χ3v) is 2.11. The SMILES string of the molecule is Cn1ncnc1Cn1nccc1CN. The molecule has 0 amide bonds. The topological polar surface area (TPSA) is 74.5 Å². The number of hydrogen-bond donors (Lipinski definition) is 1. The zero-order valence-corrected chi connectivity index (χ0v) is 7.96. The first-order chi connectivity index (χ1) is 6.81. The van der Waals surface area contributed by atoms with E-state index in [1.807, 2.05) is 17.8 Å². The molecule has 2 rings (SSSR count). The van der Waals surface area contributed by atoms with Crippen LogP contribution in [-0.4, -0.2) is 24.5 Å². The quantitative estimate of drug-likeness (QED) is 0.712. The monoisotopic (exact) mass is 192 g/mol. The van der Waals surface area contributed by atoms with E-state index in [0.29, 0.717) is 13.1 Å². The van der Waals surface area contributed by atoms with E-state index in [4.69, 9.17) is 5.73 Å². The molecule has 0 radical (unpaired) electrons. The second-order valence-electron chi connectivity index (χ2n) is 2.98. The normalized spacial score (nSPS) is 10.7. The Morgan fingerprint density at radius 1 is 1.43 bits per heavy atom. The van der Waals surface area contributed by atoms with Crippen molar-refractivity contribution in [3.63, 3.8) is 0 Å². The van der Waals surface area contributed by atoms with Gasteiger partial charge in [0.2, 0.25) is 0 Å². The van der Waals surface area contributed by atoms with Crippen molar-refractivity contribution in [3.8, 4) is 0 Å². The van der Waals surface area contributed by atoms with Gasteiger partial charge in [-0.1, -0.05) is 0 Å². The van der Waals surface area contributed by atoms with Crippen molar-refractivity contribution in [2.24, 2.45) is 12.8 Å². The van der Waals surface area contributed by atoms with Crippen molar-refractivity contribution in [2.75, 3.05) is 0 Å². The standard InChI is InChI=1S/C8H12N6/c1-13-8(10-6-12-13)5-14-7(4-9)2-3-11-14/h2-3,6H,4-5,9H2,1H3. The number of aryl methyl sites for hydroxylation is 1. The van der Waals surface area contributed by atoms with E-state index in [9.17, 15) is 0 Å². The Bertz CT molecular complexity index is 415. The molecule has 0 unspecified atom stereocenters. The average Bonchev–Trinajstić information content (AvgIpc) is 2.77. The highest BCUT2D eigenvalue weighted by atomic mass is 15.4.